The number of furan rings is 1. The molecular weight excluding hydrogens is 388 g/mol. The largest absolute Gasteiger partial charge is 0.461 e. The van der Waals surface area contributed by atoms with Crippen molar-refractivity contribution in [2.75, 3.05) is 6.54 Å². The molecule has 170 valence electrons. The van der Waals surface area contributed by atoms with Gasteiger partial charge in [0.05, 0.1) is 0 Å². The number of carbonyl (C=O) groups is 2. The number of amides is 2. The predicted molar refractivity (Wildman–Crippen MR) is 125 cm³/mol. The number of hydrogen-bond acceptors (Lipinski definition) is 3. The van der Waals surface area contributed by atoms with Crippen molar-refractivity contribution in [3.63, 3.8) is 0 Å². The molecule has 1 N–H and O–H groups in total. The SMILES string of the molecule is CCCCc1oc2ccccc2c1C[C@@H]1CCCN1C(=O)[C@@H](NC(=O)C(C)C)C(C)C. The molecule has 1 aliphatic heterocycles. The average Bonchev–Trinajstić information content (AvgIpc) is 3.34. The van der Waals surface area contributed by atoms with E-state index >= 15 is 0 Å². The molecule has 31 heavy (non-hydrogen) atoms. The summed E-state index contributed by atoms with van der Waals surface area (Å²) >= 11 is 0. The smallest absolute Gasteiger partial charge is 0.245 e. The van der Waals surface area contributed by atoms with Crippen molar-refractivity contribution in [3.05, 3.63) is 35.6 Å². The minimum absolute atomic E-state index is 0.0475. The van der Waals surface area contributed by atoms with E-state index in [9.17, 15) is 9.59 Å². The number of aryl methyl sites for hydroxylation is 1. The van der Waals surface area contributed by atoms with Crippen molar-refractivity contribution in [1.82, 2.24) is 10.2 Å². The lowest BCUT2D eigenvalue weighted by Gasteiger charge is -2.31. The first-order valence-electron chi connectivity index (χ1n) is 11.9. The fourth-order valence-electron chi connectivity index (χ4n) is 4.50. The first-order chi connectivity index (χ1) is 14.8. The van der Waals surface area contributed by atoms with Gasteiger partial charge in [0.2, 0.25) is 11.8 Å². The summed E-state index contributed by atoms with van der Waals surface area (Å²) in [5.74, 6) is 0.962. The Morgan fingerprint density at radius 1 is 1.19 bits per heavy atom. The summed E-state index contributed by atoms with van der Waals surface area (Å²) in [4.78, 5) is 27.8. The van der Waals surface area contributed by atoms with E-state index in [0.717, 1.165) is 56.4 Å². The zero-order valence-corrected chi connectivity index (χ0v) is 19.7. The highest BCUT2D eigenvalue weighted by Gasteiger charge is 2.36. The molecule has 2 amide bonds. The molecule has 5 nitrogen and oxygen atoms in total. The number of unbranched alkanes of at least 4 members (excludes halogenated alkanes) is 1. The minimum atomic E-state index is -0.476. The topological polar surface area (TPSA) is 62.6 Å². The Labute approximate surface area is 186 Å². The van der Waals surface area contributed by atoms with Gasteiger partial charge < -0.3 is 14.6 Å². The van der Waals surface area contributed by atoms with Crippen molar-refractivity contribution < 1.29 is 14.0 Å². The van der Waals surface area contributed by atoms with E-state index in [1.54, 1.807) is 0 Å². The number of hydrogen-bond donors (Lipinski definition) is 1. The predicted octanol–water partition coefficient (Wildman–Crippen LogP) is 5.11. The molecule has 2 heterocycles. The highest BCUT2D eigenvalue weighted by molar-refractivity contribution is 5.89. The van der Waals surface area contributed by atoms with Gasteiger partial charge in [0.15, 0.2) is 0 Å². The van der Waals surface area contributed by atoms with Crippen molar-refractivity contribution in [2.45, 2.75) is 85.2 Å². The molecule has 1 aromatic carbocycles. The van der Waals surface area contributed by atoms with Crippen molar-refractivity contribution in [3.8, 4) is 0 Å². The summed E-state index contributed by atoms with van der Waals surface area (Å²) in [6.07, 6.45) is 5.94. The lowest BCUT2D eigenvalue weighted by molar-refractivity contribution is -0.139. The number of fused-ring (bicyclic) bond motifs is 1. The summed E-state index contributed by atoms with van der Waals surface area (Å²) in [6.45, 7) is 10.7. The van der Waals surface area contributed by atoms with E-state index in [2.05, 4.69) is 24.4 Å². The highest BCUT2D eigenvalue weighted by atomic mass is 16.3. The van der Waals surface area contributed by atoms with Gasteiger partial charge in [0.25, 0.3) is 0 Å². The standard InChI is InChI=1S/C26H38N2O3/c1-6-7-13-23-21(20-12-8-9-14-22(20)31-23)16-19-11-10-15-28(19)26(30)24(17(2)3)27-25(29)18(4)5/h8-9,12,14,17-19,24H,6-7,10-11,13,15-16H2,1-5H3,(H,27,29)/t19-,24-/m0/s1. The van der Waals surface area contributed by atoms with Gasteiger partial charge in [0, 0.05) is 35.9 Å². The molecular formula is C26H38N2O3. The molecule has 0 spiro atoms. The number of nitrogens with zero attached hydrogens (tertiary/aromatic N) is 1. The summed E-state index contributed by atoms with van der Waals surface area (Å²) in [5.41, 5.74) is 2.18. The van der Waals surface area contributed by atoms with Crippen LogP contribution in [-0.4, -0.2) is 35.3 Å². The van der Waals surface area contributed by atoms with E-state index < -0.39 is 6.04 Å². The number of para-hydroxylation sites is 1. The van der Waals surface area contributed by atoms with Crippen LogP contribution in [0.2, 0.25) is 0 Å². The van der Waals surface area contributed by atoms with E-state index in [4.69, 9.17) is 4.42 Å². The molecule has 0 bridgehead atoms. The van der Waals surface area contributed by atoms with Crippen LogP contribution >= 0.6 is 0 Å². The normalized spacial score (nSPS) is 17.6. The van der Waals surface area contributed by atoms with Gasteiger partial charge in [0.1, 0.15) is 17.4 Å². The van der Waals surface area contributed by atoms with Crippen LogP contribution in [0, 0.1) is 11.8 Å². The molecule has 1 aromatic heterocycles. The second-order valence-corrected chi connectivity index (χ2v) is 9.52. The average molecular weight is 427 g/mol. The summed E-state index contributed by atoms with van der Waals surface area (Å²) < 4.78 is 6.21. The Kier molecular flexibility index (Phi) is 7.79. The van der Waals surface area contributed by atoms with Crippen molar-refractivity contribution in [2.24, 2.45) is 11.8 Å². The van der Waals surface area contributed by atoms with Crippen LogP contribution in [0.4, 0.5) is 0 Å². The first kappa shape index (κ1) is 23.4. The molecule has 0 aliphatic carbocycles. The third kappa shape index (κ3) is 5.31. The van der Waals surface area contributed by atoms with Crippen LogP contribution < -0.4 is 5.32 Å². The number of nitrogens with one attached hydrogen (secondary N) is 1. The maximum absolute atomic E-state index is 13.5. The van der Waals surface area contributed by atoms with E-state index in [1.165, 1.54) is 10.9 Å². The van der Waals surface area contributed by atoms with Crippen LogP contribution in [0.25, 0.3) is 11.0 Å². The number of rotatable bonds is 9. The Hall–Kier alpha value is -2.30. The monoisotopic (exact) mass is 426 g/mol. The van der Waals surface area contributed by atoms with Crippen molar-refractivity contribution >= 4 is 22.8 Å². The molecule has 1 aliphatic rings. The van der Waals surface area contributed by atoms with Gasteiger partial charge in [-0.05, 0) is 37.7 Å². The molecule has 0 radical (unpaired) electrons. The Bertz CT molecular complexity index is 899. The number of carbonyl (C=O) groups excluding carboxylic acids is 2. The van der Waals surface area contributed by atoms with Gasteiger partial charge in [-0.15, -0.1) is 0 Å². The fraction of sp³-hybridized carbons (Fsp3) is 0.615. The Morgan fingerprint density at radius 3 is 2.61 bits per heavy atom. The van der Waals surface area contributed by atoms with Crippen LogP contribution in [0.1, 0.15) is 71.6 Å². The lowest BCUT2D eigenvalue weighted by atomic mass is 9.97. The zero-order chi connectivity index (χ0) is 22.5. The summed E-state index contributed by atoms with van der Waals surface area (Å²) in [6, 6.07) is 7.89. The lowest BCUT2D eigenvalue weighted by Crippen LogP contribution is -2.53. The second kappa shape index (κ2) is 10.3. The fourth-order valence-corrected chi connectivity index (χ4v) is 4.50. The maximum Gasteiger partial charge on any atom is 0.245 e. The highest BCUT2D eigenvalue weighted by Crippen LogP contribution is 2.32. The number of benzene rings is 1. The van der Waals surface area contributed by atoms with Gasteiger partial charge in [-0.1, -0.05) is 59.2 Å². The van der Waals surface area contributed by atoms with Crippen LogP contribution in [0.15, 0.2) is 28.7 Å². The maximum atomic E-state index is 13.5. The molecule has 5 heteroatoms. The number of likely N-dealkylation sites (tertiary alicyclic amines) is 1. The third-order valence-electron chi connectivity index (χ3n) is 6.39. The summed E-state index contributed by atoms with van der Waals surface area (Å²) in [7, 11) is 0. The molecule has 1 saturated heterocycles. The van der Waals surface area contributed by atoms with Crippen LogP contribution in [0.3, 0.4) is 0 Å². The first-order valence-corrected chi connectivity index (χ1v) is 11.9. The van der Waals surface area contributed by atoms with E-state index in [-0.39, 0.29) is 29.7 Å². The van der Waals surface area contributed by atoms with Gasteiger partial charge in [-0.25, -0.2) is 0 Å². The Balaban J connectivity index is 1.83. The molecule has 2 aromatic rings. The van der Waals surface area contributed by atoms with Crippen LogP contribution in [-0.2, 0) is 22.4 Å². The zero-order valence-electron chi connectivity index (χ0n) is 19.7. The quantitative estimate of drug-likeness (QED) is 0.606. The molecule has 0 unspecified atom stereocenters. The molecule has 2 atom stereocenters. The molecule has 1 fully saturated rings. The van der Waals surface area contributed by atoms with E-state index in [1.807, 2.05) is 44.7 Å². The van der Waals surface area contributed by atoms with Gasteiger partial charge in [-0.2, -0.15) is 0 Å². The Morgan fingerprint density at radius 2 is 1.94 bits per heavy atom. The van der Waals surface area contributed by atoms with Gasteiger partial charge in [-0.3, -0.25) is 9.59 Å². The second-order valence-electron chi connectivity index (χ2n) is 9.52. The molecule has 3 rings (SSSR count). The van der Waals surface area contributed by atoms with Crippen molar-refractivity contribution in [1.29, 1.82) is 0 Å². The third-order valence-corrected chi connectivity index (χ3v) is 6.39. The summed E-state index contributed by atoms with van der Waals surface area (Å²) in [5, 5.41) is 4.16. The molecule has 0 saturated carbocycles. The van der Waals surface area contributed by atoms with E-state index in [0.29, 0.717) is 0 Å². The minimum Gasteiger partial charge on any atom is -0.461 e. The van der Waals surface area contributed by atoms with Crippen LogP contribution in [0.5, 0.6) is 0 Å². The van der Waals surface area contributed by atoms with Gasteiger partial charge >= 0.3 is 0 Å².